The summed E-state index contributed by atoms with van der Waals surface area (Å²) in [5.41, 5.74) is 3.20. The minimum absolute atomic E-state index is 0.171. The molecule has 2 aromatic rings. The van der Waals surface area contributed by atoms with E-state index in [0.29, 0.717) is 5.56 Å². The summed E-state index contributed by atoms with van der Waals surface area (Å²) in [7, 11) is 4.04. The van der Waals surface area contributed by atoms with Crippen LogP contribution >= 0.6 is 15.9 Å². The Kier molecular flexibility index (Phi) is 6.12. The van der Waals surface area contributed by atoms with Crippen LogP contribution in [0.5, 0.6) is 0 Å². The second kappa shape index (κ2) is 8.08. The Labute approximate surface area is 145 Å². The SMILES string of the molecule is Cc1cc(NC(=O)c2cncc(NCCN(C)C)c2)ccc1Br. The van der Waals surface area contributed by atoms with Crippen molar-refractivity contribution in [3.8, 4) is 0 Å². The fraction of sp³-hybridized carbons (Fsp3) is 0.294. The van der Waals surface area contributed by atoms with Crippen molar-refractivity contribution < 1.29 is 4.79 Å². The molecule has 122 valence electrons. The quantitative estimate of drug-likeness (QED) is 0.811. The number of nitrogens with one attached hydrogen (secondary N) is 2. The number of hydrogen-bond donors (Lipinski definition) is 2. The van der Waals surface area contributed by atoms with Gasteiger partial charge in [0.15, 0.2) is 0 Å². The molecular formula is C17H21BrN4O. The van der Waals surface area contributed by atoms with Gasteiger partial charge in [0.2, 0.25) is 0 Å². The number of nitrogens with zero attached hydrogens (tertiary/aromatic N) is 2. The van der Waals surface area contributed by atoms with E-state index in [1.165, 1.54) is 0 Å². The van der Waals surface area contributed by atoms with Gasteiger partial charge in [-0.1, -0.05) is 15.9 Å². The molecule has 0 saturated carbocycles. The number of carbonyl (C=O) groups is 1. The van der Waals surface area contributed by atoms with E-state index in [1.54, 1.807) is 12.4 Å². The maximum Gasteiger partial charge on any atom is 0.257 e. The smallest absolute Gasteiger partial charge is 0.257 e. The Morgan fingerprint density at radius 1 is 1.22 bits per heavy atom. The minimum Gasteiger partial charge on any atom is -0.382 e. The predicted octanol–water partition coefficient (Wildman–Crippen LogP) is 3.38. The highest BCUT2D eigenvalue weighted by atomic mass is 79.9. The van der Waals surface area contributed by atoms with Crippen molar-refractivity contribution in [2.45, 2.75) is 6.92 Å². The molecule has 0 saturated heterocycles. The molecule has 0 aliphatic heterocycles. The van der Waals surface area contributed by atoms with E-state index in [0.717, 1.165) is 34.5 Å². The van der Waals surface area contributed by atoms with Gasteiger partial charge in [-0.3, -0.25) is 9.78 Å². The van der Waals surface area contributed by atoms with Crippen molar-refractivity contribution in [1.29, 1.82) is 0 Å². The van der Waals surface area contributed by atoms with Crippen LogP contribution in [0.15, 0.2) is 41.1 Å². The van der Waals surface area contributed by atoms with Crippen LogP contribution in [0, 0.1) is 6.92 Å². The minimum atomic E-state index is -0.171. The maximum absolute atomic E-state index is 12.3. The Morgan fingerprint density at radius 3 is 2.70 bits per heavy atom. The first-order valence-corrected chi connectivity index (χ1v) is 8.16. The number of rotatable bonds is 6. The zero-order valence-electron chi connectivity index (χ0n) is 13.6. The molecule has 0 spiro atoms. The molecule has 0 aliphatic rings. The number of hydrogen-bond acceptors (Lipinski definition) is 4. The van der Waals surface area contributed by atoms with Crippen LogP contribution < -0.4 is 10.6 Å². The number of carbonyl (C=O) groups excluding carboxylic acids is 1. The van der Waals surface area contributed by atoms with E-state index in [4.69, 9.17) is 0 Å². The third-order valence-electron chi connectivity index (χ3n) is 3.30. The lowest BCUT2D eigenvalue weighted by molar-refractivity contribution is 0.102. The van der Waals surface area contributed by atoms with Crippen molar-refractivity contribution in [2.75, 3.05) is 37.8 Å². The third kappa shape index (κ3) is 5.33. The number of pyridine rings is 1. The van der Waals surface area contributed by atoms with Gasteiger partial charge in [-0.05, 0) is 50.8 Å². The highest BCUT2D eigenvalue weighted by Gasteiger charge is 2.08. The van der Waals surface area contributed by atoms with E-state index in [9.17, 15) is 4.79 Å². The summed E-state index contributed by atoms with van der Waals surface area (Å²) in [4.78, 5) is 18.6. The Morgan fingerprint density at radius 2 is 2.00 bits per heavy atom. The summed E-state index contributed by atoms with van der Waals surface area (Å²) in [5, 5.41) is 6.15. The highest BCUT2D eigenvalue weighted by molar-refractivity contribution is 9.10. The Bertz CT molecular complexity index is 688. The summed E-state index contributed by atoms with van der Waals surface area (Å²) >= 11 is 3.45. The van der Waals surface area contributed by atoms with Gasteiger partial charge < -0.3 is 15.5 Å². The molecule has 0 radical (unpaired) electrons. The van der Waals surface area contributed by atoms with Gasteiger partial charge in [0.05, 0.1) is 11.3 Å². The summed E-state index contributed by atoms with van der Waals surface area (Å²) in [6.07, 6.45) is 3.29. The molecule has 1 aromatic carbocycles. The summed E-state index contributed by atoms with van der Waals surface area (Å²) in [5.74, 6) is -0.171. The molecular weight excluding hydrogens is 356 g/mol. The van der Waals surface area contributed by atoms with E-state index in [-0.39, 0.29) is 5.91 Å². The van der Waals surface area contributed by atoms with Crippen LogP contribution in [0.1, 0.15) is 15.9 Å². The molecule has 1 amide bonds. The van der Waals surface area contributed by atoms with Gasteiger partial charge in [-0.2, -0.15) is 0 Å². The lowest BCUT2D eigenvalue weighted by Gasteiger charge is -2.12. The molecule has 0 fully saturated rings. The van der Waals surface area contributed by atoms with E-state index < -0.39 is 0 Å². The van der Waals surface area contributed by atoms with Crippen molar-refractivity contribution in [3.63, 3.8) is 0 Å². The van der Waals surface area contributed by atoms with Crippen LogP contribution in [0.4, 0.5) is 11.4 Å². The van der Waals surface area contributed by atoms with E-state index >= 15 is 0 Å². The fourth-order valence-corrected chi connectivity index (χ4v) is 2.26. The van der Waals surface area contributed by atoms with Crippen LogP contribution in [0.3, 0.4) is 0 Å². The topological polar surface area (TPSA) is 57.3 Å². The molecule has 5 nitrogen and oxygen atoms in total. The average Bonchev–Trinajstić information content (AvgIpc) is 2.51. The number of halogens is 1. The summed E-state index contributed by atoms with van der Waals surface area (Å²) in [6, 6.07) is 7.52. The van der Waals surface area contributed by atoms with E-state index in [1.807, 2.05) is 45.3 Å². The standard InChI is InChI=1S/C17H21BrN4O/c1-12-8-14(4-5-16(12)18)21-17(23)13-9-15(11-19-10-13)20-6-7-22(2)3/h4-5,8-11,20H,6-7H2,1-3H3,(H,21,23). The molecule has 0 aliphatic carbocycles. The molecule has 0 unspecified atom stereocenters. The zero-order chi connectivity index (χ0) is 16.8. The van der Waals surface area contributed by atoms with Crippen molar-refractivity contribution in [2.24, 2.45) is 0 Å². The zero-order valence-corrected chi connectivity index (χ0v) is 15.1. The highest BCUT2D eigenvalue weighted by Crippen LogP contribution is 2.20. The monoisotopic (exact) mass is 376 g/mol. The lowest BCUT2D eigenvalue weighted by Crippen LogP contribution is -2.21. The number of aromatic nitrogens is 1. The van der Waals surface area contributed by atoms with Gasteiger partial charge in [0.1, 0.15) is 0 Å². The fourth-order valence-electron chi connectivity index (χ4n) is 2.01. The van der Waals surface area contributed by atoms with Crippen molar-refractivity contribution in [3.05, 3.63) is 52.3 Å². The summed E-state index contributed by atoms with van der Waals surface area (Å²) in [6.45, 7) is 3.69. The van der Waals surface area contributed by atoms with Gasteiger partial charge >= 0.3 is 0 Å². The van der Waals surface area contributed by atoms with Gasteiger partial charge in [0.25, 0.3) is 5.91 Å². The molecule has 0 atom stereocenters. The van der Waals surface area contributed by atoms with Crippen LogP contribution in [0.2, 0.25) is 0 Å². The average molecular weight is 377 g/mol. The lowest BCUT2D eigenvalue weighted by atomic mass is 10.2. The number of amides is 1. The largest absolute Gasteiger partial charge is 0.382 e. The maximum atomic E-state index is 12.3. The molecule has 23 heavy (non-hydrogen) atoms. The number of anilines is 2. The number of likely N-dealkylation sites (N-methyl/N-ethyl adjacent to an activating group) is 1. The predicted molar refractivity (Wildman–Crippen MR) is 98.1 cm³/mol. The summed E-state index contributed by atoms with van der Waals surface area (Å²) < 4.78 is 1.02. The van der Waals surface area contributed by atoms with Crippen molar-refractivity contribution >= 4 is 33.2 Å². The Hall–Kier alpha value is -1.92. The van der Waals surface area contributed by atoms with Crippen LogP contribution in [-0.4, -0.2) is 43.0 Å². The first kappa shape index (κ1) is 17.4. The molecule has 6 heteroatoms. The van der Waals surface area contributed by atoms with Crippen LogP contribution in [0.25, 0.3) is 0 Å². The normalized spacial score (nSPS) is 10.7. The Balaban J connectivity index is 2.02. The second-order valence-corrected chi connectivity index (χ2v) is 6.46. The first-order chi connectivity index (χ1) is 11.0. The molecule has 1 aromatic heterocycles. The molecule has 1 heterocycles. The van der Waals surface area contributed by atoms with Crippen LogP contribution in [-0.2, 0) is 0 Å². The molecule has 2 N–H and O–H groups in total. The van der Waals surface area contributed by atoms with Crippen molar-refractivity contribution in [1.82, 2.24) is 9.88 Å². The first-order valence-electron chi connectivity index (χ1n) is 7.37. The van der Waals surface area contributed by atoms with Gasteiger partial charge in [-0.15, -0.1) is 0 Å². The number of benzene rings is 1. The third-order valence-corrected chi connectivity index (χ3v) is 4.19. The molecule has 0 bridgehead atoms. The molecule has 2 rings (SSSR count). The van der Waals surface area contributed by atoms with Gasteiger partial charge in [0, 0.05) is 35.6 Å². The van der Waals surface area contributed by atoms with Gasteiger partial charge in [-0.25, -0.2) is 0 Å². The number of aryl methyl sites for hydroxylation is 1. The van der Waals surface area contributed by atoms with E-state index in [2.05, 4.69) is 36.4 Å². The second-order valence-electron chi connectivity index (χ2n) is 5.61.